The van der Waals surface area contributed by atoms with Gasteiger partial charge < -0.3 is 44.0 Å². The number of hydrogen-bond donors (Lipinski definition) is 4. The van der Waals surface area contributed by atoms with E-state index in [2.05, 4.69) is 10.6 Å². The standard InChI is InChI=1S/C32H26ClN3O9S3/c33-27-16-21-28(39)36(48(41)30(21)47-27)8-10-43-12-11-42-9-7-34-31(46)35-17-1-4-22-20(13-17)29(40)45-32(22)23-5-2-18(37)14-25(23)44-26-15-19(38)3-6-24(26)32/h1-6,13-16,37-38H,7-12H2,(H2,34,35,46). The van der Waals surface area contributed by atoms with Gasteiger partial charge in [0.1, 0.15) is 29.6 Å². The van der Waals surface area contributed by atoms with Crippen LogP contribution in [-0.2, 0) is 34.6 Å². The van der Waals surface area contributed by atoms with E-state index >= 15 is 0 Å². The van der Waals surface area contributed by atoms with Crippen LogP contribution in [0.5, 0.6) is 23.0 Å². The topological polar surface area (TPSA) is 156 Å². The quantitative estimate of drug-likeness (QED) is 0.0567. The SMILES string of the molecule is O=C1OC2(c3ccc(O)cc3Oc3cc(O)ccc32)c2ccc(NC(=S)NCCOCCOCC[N+]3=[S-](=O)c4sc(Cl)cc4C3=O)cc21. The van der Waals surface area contributed by atoms with Gasteiger partial charge in [-0.3, -0.25) is 0 Å². The highest BCUT2D eigenvalue weighted by Crippen LogP contribution is 2.57. The van der Waals surface area contributed by atoms with Crippen molar-refractivity contribution in [2.45, 2.75) is 9.81 Å². The summed E-state index contributed by atoms with van der Waals surface area (Å²) >= 11 is 12.5. The van der Waals surface area contributed by atoms with E-state index in [1.165, 1.54) is 34.3 Å². The van der Waals surface area contributed by atoms with Gasteiger partial charge in [0.2, 0.25) is 0 Å². The van der Waals surface area contributed by atoms with E-state index in [4.69, 9.17) is 42.8 Å². The third kappa shape index (κ3) is 5.76. The lowest BCUT2D eigenvalue weighted by molar-refractivity contribution is -0.406. The molecule has 4 N–H and O–H groups in total. The molecule has 4 aromatic rings. The molecule has 4 heterocycles. The molecule has 0 fully saturated rings. The Hall–Kier alpha value is -4.25. The second-order valence-electron chi connectivity index (χ2n) is 10.8. The van der Waals surface area contributed by atoms with Crippen molar-refractivity contribution in [1.29, 1.82) is 0 Å². The van der Waals surface area contributed by atoms with E-state index in [0.717, 1.165) is 11.3 Å². The van der Waals surface area contributed by atoms with Crippen molar-refractivity contribution in [3.05, 3.63) is 92.8 Å². The minimum Gasteiger partial charge on any atom is -0.508 e. The number of aromatic hydroxyl groups is 2. The Kier molecular flexibility index (Phi) is 8.74. The first-order valence-corrected chi connectivity index (χ1v) is 17.3. The van der Waals surface area contributed by atoms with Crippen LogP contribution in [0.1, 0.15) is 37.4 Å². The molecule has 0 saturated heterocycles. The molecule has 7 rings (SSSR count). The summed E-state index contributed by atoms with van der Waals surface area (Å²) in [6.07, 6.45) is 0. The van der Waals surface area contributed by atoms with Gasteiger partial charge in [0, 0.05) is 55.9 Å². The van der Waals surface area contributed by atoms with E-state index in [1.54, 1.807) is 30.3 Å². The van der Waals surface area contributed by atoms with Crippen molar-refractivity contribution in [3.8, 4) is 23.0 Å². The van der Waals surface area contributed by atoms with Gasteiger partial charge in [-0.2, -0.15) is 0 Å². The third-order valence-corrected chi connectivity index (χ3v) is 11.1. The van der Waals surface area contributed by atoms with E-state index in [-0.39, 0.29) is 30.6 Å². The van der Waals surface area contributed by atoms with Gasteiger partial charge in [0.25, 0.3) is 0 Å². The number of carbonyl (C=O) groups excluding carboxylic acids is 2. The van der Waals surface area contributed by atoms with Crippen molar-refractivity contribution < 1.29 is 46.9 Å². The average molecular weight is 728 g/mol. The number of thiophene rings is 1. The van der Waals surface area contributed by atoms with Crippen LogP contribution in [0.15, 0.2) is 64.9 Å². The molecule has 3 aromatic carbocycles. The lowest BCUT2D eigenvalue weighted by Crippen LogP contribution is -2.33. The Bertz CT molecular complexity index is 2040. The maximum absolute atomic E-state index is 13.3. The molecule has 0 unspecified atom stereocenters. The van der Waals surface area contributed by atoms with Crippen LogP contribution in [0.2, 0.25) is 4.34 Å². The highest BCUT2D eigenvalue weighted by molar-refractivity contribution is 7.80. The van der Waals surface area contributed by atoms with Gasteiger partial charge in [0.15, 0.2) is 17.3 Å². The number of carbonyl (C=O) groups is 2. The predicted octanol–water partition coefficient (Wildman–Crippen LogP) is 5.07. The average Bonchev–Trinajstić information content (AvgIpc) is 3.65. The minimum absolute atomic E-state index is 0.0211. The number of thiocarbonyl (C=S) groups is 1. The third-order valence-electron chi connectivity index (χ3n) is 7.86. The van der Waals surface area contributed by atoms with Crippen LogP contribution < -0.4 is 15.4 Å². The molecule has 0 bridgehead atoms. The van der Waals surface area contributed by atoms with Crippen molar-refractivity contribution in [3.63, 3.8) is 0 Å². The minimum atomic E-state index is -1.56. The van der Waals surface area contributed by atoms with Gasteiger partial charge in [-0.15, -0.1) is 11.3 Å². The predicted molar refractivity (Wildman–Crippen MR) is 179 cm³/mol. The molecule has 3 aliphatic heterocycles. The molecule has 1 amide bonds. The van der Waals surface area contributed by atoms with Crippen molar-refractivity contribution in [2.75, 3.05) is 44.8 Å². The smallest absolute Gasteiger partial charge is 0.399 e. The fraction of sp³-hybridized carbons (Fsp3) is 0.219. The fourth-order valence-corrected chi connectivity index (χ4v) is 8.94. The molecule has 0 aliphatic carbocycles. The number of hydrogen-bond acceptors (Lipinski definition) is 12. The van der Waals surface area contributed by atoms with Crippen LogP contribution in [0.3, 0.4) is 0 Å². The number of nitrogens with zero attached hydrogens (tertiary/aromatic N) is 1. The number of nitrogens with one attached hydrogen (secondary N) is 2. The summed E-state index contributed by atoms with van der Waals surface area (Å²) in [5, 5.41) is 26.6. The number of benzene rings is 3. The summed E-state index contributed by atoms with van der Waals surface area (Å²) in [7, 11) is -1.56. The number of fused-ring (bicyclic) bond motifs is 7. The second-order valence-corrected chi connectivity index (χ2v) is 14.5. The number of rotatable bonds is 10. The molecule has 1 spiro atoms. The lowest BCUT2D eigenvalue weighted by atomic mass is 9.77. The lowest BCUT2D eigenvalue weighted by Gasteiger charge is -2.36. The highest BCUT2D eigenvalue weighted by atomic mass is 35.5. The largest absolute Gasteiger partial charge is 0.508 e. The number of amides is 1. The number of anilines is 1. The summed E-state index contributed by atoms with van der Waals surface area (Å²) in [5.74, 6) is -0.306. The highest BCUT2D eigenvalue weighted by Gasteiger charge is 2.53. The molecule has 0 radical (unpaired) electrons. The zero-order valence-electron chi connectivity index (χ0n) is 24.8. The molecular formula is C32H26ClN3O9S3. The molecule has 0 saturated carbocycles. The van der Waals surface area contributed by atoms with Gasteiger partial charge in [-0.1, -0.05) is 17.7 Å². The molecule has 12 nitrogen and oxygen atoms in total. The number of halogens is 1. The van der Waals surface area contributed by atoms with Gasteiger partial charge in [0.05, 0.1) is 35.3 Å². The Morgan fingerprint density at radius 1 is 0.917 bits per heavy atom. The van der Waals surface area contributed by atoms with Gasteiger partial charge in [-0.05, 0) is 54.7 Å². The van der Waals surface area contributed by atoms with Crippen molar-refractivity contribution >= 4 is 68.4 Å². The maximum Gasteiger partial charge on any atom is 0.399 e. The summed E-state index contributed by atoms with van der Waals surface area (Å²) in [5.41, 5.74) is 1.58. The summed E-state index contributed by atoms with van der Waals surface area (Å²) in [6, 6.07) is 15.9. The van der Waals surface area contributed by atoms with Crippen LogP contribution in [0.4, 0.5) is 5.69 Å². The molecule has 248 valence electrons. The Balaban J connectivity index is 0.906. The molecule has 0 atom stereocenters. The zero-order valence-corrected chi connectivity index (χ0v) is 28.0. The van der Waals surface area contributed by atoms with E-state index < -0.39 is 22.2 Å². The van der Waals surface area contributed by atoms with Gasteiger partial charge >= 0.3 is 11.9 Å². The number of ether oxygens (including phenoxy) is 4. The monoisotopic (exact) mass is 727 g/mol. The molecular weight excluding hydrogens is 702 g/mol. The van der Waals surface area contributed by atoms with E-state index in [0.29, 0.717) is 85.0 Å². The maximum atomic E-state index is 13.3. The summed E-state index contributed by atoms with van der Waals surface area (Å²) in [6.45, 7) is 1.75. The molecule has 16 heteroatoms. The molecule has 1 aromatic heterocycles. The van der Waals surface area contributed by atoms with Crippen molar-refractivity contribution in [2.24, 2.45) is 0 Å². The van der Waals surface area contributed by atoms with E-state index in [1.807, 2.05) is 0 Å². The Labute approximate surface area is 290 Å². The summed E-state index contributed by atoms with van der Waals surface area (Å²) in [4.78, 5) is 25.7. The van der Waals surface area contributed by atoms with Crippen LogP contribution in [-0.4, -0.2) is 70.7 Å². The van der Waals surface area contributed by atoms with Crippen molar-refractivity contribution in [1.82, 2.24) is 5.32 Å². The zero-order chi connectivity index (χ0) is 33.6. The normalized spacial score (nSPS) is 15.4. The fourth-order valence-electron chi connectivity index (χ4n) is 5.78. The second kappa shape index (κ2) is 13.0. The number of phenols is 2. The van der Waals surface area contributed by atoms with Crippen LogP contribution >= 0.6 is 35.2 Å². The number of esters is 1. The molecule has 48 heavy (non-hydrogen) atoms. The summed E-state index contributed by atoms with van der Waals surface area (Å²) < 4.78 is 37.9. The number of phenolic OH excluding ortho intramolecular Hbond substituents is 2. The Morgan fingerprint density at radius 3 is 2.27 bits per heavy atom. The molecule has 3 aliphatic rings. The van der Waals surface area contributed by atoms with E-state index in [9.17, 15) is 24.0 Å². The first-order chi connectivity index (χ1) is 23.2. The first-order valence-electron chi connectivity index (χ1n) is 14.6. The van der Waals surface area contributed by atoms with Crippen LogP contribution in [0, 0.1) is 0 Å². The Morgan fingerprint density at radius 2 is 1.58 bits per heavy atom. The van der Waals surface area contributed by atoms with Gasteiger partial charge in [-0.25, -0.2) is 13.5 Å². The van der Waals surface area contributed by atoms with Crippen LogP contribution in [0.25, 0.3) is 0 Å². The first kappa shape index (κ1) is 32.3.